The molecule has 4 nitrogen and oxygen atoms in total. The summed E-state index contributed by atoms with van der Waals surface area (Å²) in [5.74, 6) is -1.53. The maximum atomic E-state index is 13.9. The van der Waals surface area contributed by atoms with Crippen molar-refractivity contribution in [1.29, 1.82) is 0 Å². The predicted molar refractivity (Wildman–Crippen MR) is 89.1 cm³/mol. The monoisotopic (exact) mass is 435 g/mol. The van der Waals surface area contributed by atoms with E-state index in [0.29, 0.717) is 4.47 Å². The SMILES string of the molecule is O=C(c1ccc(OC(F)(F)F)cc1)N(CCO)Cc1cc(Br)ccc1F. The van der Waals surface area contributed by atoms with Crippen molar-refractivity contribution in [2.45, 2.75) is 12.9 Å². The van der Waals surface area contributed by atoms with Crippen molar-refractivity contribution in [3.63, 3.8) is 0 Å². The molecule has 2 aromatic carbocycles. The van der Waals surface area contributed by atoms with Gasteiger partial charge in [0, 0.05) is 28.7 Å². The lowest BCUT2D eigenvalue weighted by atomic mass is 10.1. The van der Waals surface area contributed by atoms with Crippen molar-refractivity contribution in [3.05, 3.63) is 63.9 Å². The summed E-state index contributed by atoms with van der Waals surface area (Å²) >= 11 is 3.21. The molecule has 0 bridgehead atoms. The second-order valence-electron chi connectivity index (χ2n) is 5.26. The number of rotatable bonds is 6. The van der Waals surface area contributed by atoms with E-state index in [1.165, 1.54) is 35.2 Å². The van der Waals surface area contributed by atoms with Crippen molar-refractivity contribution in [2.24, 2.45) is 0 Å². The number of hydrogen-bond donors (Lipinski definition) is 1. The first-order chi connectivity index (χ1) is 12.2. The number of carbonyl (C=O) groups is 1. The molecule has 1 N–H and O–H groups in total. The molecule has 0 atom stereocenters. The fourth-order valence-electron chi connectivity index (χ4n) is 2.22. The van der Waals surface area contributed by atoms with Crippen LogP contribution in [0.4, 0.5) is 17.6 Å². The van der Waals surface area contributed by atoms with Gasteiger partial charge in [-0.25, -0.2) is 4.39 Å². The molecule has 9 heteroatoms. The van der Waals surface area contributed by atoms with E-state index in [1.54, 1.807) is 0 Å². The van der Waals surface area contributed by atoms with Gasteiger partial charge in [0.25, 0.3) is 5.91 Å². The van der Waals surface area contributed by atoms with E-state index in [0.717, 1.165) is 12.1 Å². The van der Waals surface area contributed by atoms with Crippen molar-refractivity contribution in [2.75, 3.05) is 13.2 Å². The van der Waals surface area contributed by atoms with Gasteiger partial charge in [-0.2, -0.15) is 0 Å². The number of amides is 1. The molecule has 0 saturated heterocycles. The molecule has 0 saturated carbocycles. The molecule has 0 aliphatic rings. The molecule has 0 fully saturated rings. The Morgan fingerprint density at radius 3 is 2.38 bits per heavy atom. The topological polar surface area (TPSA) is 49.8 Å². The molecule has 0 unspecified atom stereocenters. The van der Waals surface area contributed by atoms with Gasteiger partial charge in [0.1, 0.15) is 11.6 Å². The zero-order valence-electron chi connectivity index (χ0n) is 13.3. The van der Waals surface area contributed by atoms with Crippen molar-refractivity contribution < 1.29 is 32.2 Å². The van der Waals surface area contributed by atoms with Crippen LogP contribution in [0.2, 0.25) is 0 Å². The summed E-state index contributed by atoms with van der Waals surface area (Å²) in [6, 6.07) is 8.62. The number of nitrogens with zero attached hydrogens (tertiary/aromatic N) is 1. The number of ether oxygens (including phenoxy) is 1. The lowest BCUT2D eigenvalue weighted by Gasteiger charge is -2.22. The number of hydrogen-bond acceptors (Lipinski definition) is 3. The second-order valence-corrected chi connectivity index (χ2v) is 6.17. The highest BCUT2D eigenvalue weighted by Crippen LogP contribution is 2.23. The first kappa shape index (κ1) is 20.2. The number of carbonyl (C=O) groups excluding carboxylic acids is 1. The van der Waals surface area contributed by atoms with Crippen LogP contribution in [0.3, 0.4) is 0 Å². The summed E-state index contributed by atoms with van der Waals surface area (Å²) in [7, 11) is 0. The van der Waals surface area contributed by atoms with E-state index >= 15 is 0 Å². The van der Waals surface area contributed by atoms with E-state index in [-0.39, 0.29) is 30.8 Å². The zero-order chi connectivity index (χ0) is 19.3. The molecule has 26 heavy (non-hydrogen) atoms. The Hall–Kier alpha value is -2.13. The van der Waals surface area contributed by atoms with Gasteiger partial charge in [0.15, 0.2) is 0 Å². The Morgan fingerprint density at radius 1 is 1.15 bits per heavy atom. The van der Waals surface area contributed by atoms with Crippen LogP contribution >= 0.6 is 15.9 Å². The minimum Gasteiger partial charge on any atom is -0.406 e. The lowest BCUT2D eigenvalue weighted by molar-refractivity contribution is -0.274. The van der Waals surface area contributed by atoms with Crippen LogP contribution in [-0.2, 0) is 6.54 Å². The molecule has 2 aromatic rings. The summed E-state index contributed by atoms with van der Waals surface area (Å²) in [6.07, 6.45) is -4.83. The highest BCUT2D eigenvalue weighted by Gasteiger charge is 2.31. The van der Waals surface area contributed by atoms with Crippen molar-refractivity contribution in [3.8, 4) is 5.75 Å². The number of benzene rings is 2. The van der Waals surface area contributed by atoms with E-state index in [4.69, 9.17) is 5.11 Å². The molecule has 0 aromatic heterocycles. The maximum Gasteiger partial charge on any atom is 0.573 e. The van der Waals surface area contributed by atoms with Crippen molar-refractivity contribution >= 4 is 21.8 Å². The Labute approximate surface area is 155 Å². The number of halogens is 5. The van der Waals surface area contributed by atoms with Gasteiger partial charge in [0.2, 0.25) is 0 Å². The third kappa shape index (κ3) is 5.70. The molecular weight excluding hydrogens is 422 g/mol. The quantitative estimate of drug-likeness (QED) is 0.694. The highest BCUT2D eigenvalue weighted by atomic mass is 79.9. The van der Waals surface area contributed by atoms with Crippen LogP contribution in [0.5, 0.6) is 5.75 Å². The molecule has 0 spiro atoms. The first-order valence-electron chi connectivity index (χ1n) is 7.39. The van der Waals surface area contributed by atoms with Crippen LogP contribution < -0.4 is 4.74 Å². The van der Waals surface area contributed by atoms with Gasteiger partial charge < -0.3 is 14.7 Å². The van der Waals surface area contributed by atoms with Crippen LogP contribution in [0.1, 0.15) is 15.9 Å². The van der Waals surface area contributed by atoms with Crippen LogP contribution in [0.25, 0.3) is 0 Å². The van der Waals surface area contributed by atoms with Crippen LogP contribution in [0, 0.1) is 5.82 Å². The molecule has 140 valence electrons. The number of alkyl halides is 3. The average molecular weight is 436 g/mol. The van der Waals surface area contributed by atoms with Crippen molar-refractivity contribution in [1.82, 2.24) is 4.90 Å². The third-order valence-electron chi connectivity index (χ3n) is 3.36. The van der Waals surface area contributed by atoms with E-state index in [1.807, 2.05) is 0 Å². The van der Waals surface area contributed by atoms with Crippen LogP contribution in [0.15, 0.2) is 46.9 Å². The molecule has 0 aliphatic carbocycles. The van der Waals surface area contributed by atoms with Gasteiger partial charge in [-0.15, -0.1) is 13.2 Å². The number of aliphatic hydroxyl groups is 1. The second kappa shape index (κ2) is 8.50. The summed E-state index contributed by atoms with van der Waals surface area (Å²) in [5, 5.41) is 9.16. The van der Waals surface area contributed by atoms with Gasteiger partial charge in [-0.1, -0.05) is 15.9 Å². The highest BCUT2D eigenvalue weighted by molar-refractivity contribution is 9.10. The summed E-state index contributed by atoms with van der Waals surface area (Å²) in [5.41, 5.74) is 0.321. The fourth-order valence-corrected chi connectivity index (χ4v) is 2.63. The lowest BCUT2D eigenvalue weighted by Crippen LogP contribution is -2.33. The van der Waals surface area contributed by atoms with E-state index < -0.39 is 23.8 Å². The predicted octanol–water partition coefficient (Wildman–Crippen LogP) is 4.12. The van der Waals surface area contributed by atoms with Gasteiger partial charge in [-0.3, -0.25) is 4.79 Å². The largest absolute Gasteiger partial charge is 0.573 e. The average Bonchev–Trinajstić information content (AvgIpc) is 2.56. The van der Waals surface area contributed by atoms with Crippen LogP contribution in [-0.4, -0.2) is 35.4 Å². The Bertz CT molecular complexity index is 766. The molecular formula is C17H14BrF4NO3. The van der Waals surface area contributed by atoms with E-state index in [9.17, 15) is 22.4 Å². The summed E-state index contributed by atoms with van der Waals surface area (Å²) in [4.78, 5) is 13.7. The number of aliphatic hydroxyl groups excluding tert-OH is 1. The van der Waals surface area contributed by atoms with Gasteiger partial charge in [0.05, 0.1) is 6.61 Å². The maximum absolute atomic E-state index is 13.9. The first-order valence-corrected chi connectivity index (χ1v) is 8.19. The van der Waals surface area contributed by atoms with E-state index in [2.05, 4.69) is 20.7 Å². The fraction of sp³-hybridized carbons (Fsp3) is 0.235. The smallest absolute Gasteiger partial charge is 0.406 e. The molecule has 2 rings (SSSR count). The molecule has 1 amide bonds. The minimum atomic E-state index is -4.83. The Kier molecular flexibility index (Phi) is 6.60. The molecule has 0 heterocycles. The summed E-state index contributed by atoms with van der Waals surface area (Å²) in [6.45, 7) is -0.520. The Morgan fingerprint density at radius 2 is 1.81 bits per heavy atom. The standard InChI is InChI=1S/C17H14BrF4NO3/c18-13-3-6-15(19)12(9-13)10-23(7-8-24)16(25)11-1-4-14(5-2-11)26-17(20,21)22/h1-6,9,24H,7-8,10H2. The third-order valence-corrected chi connectivity index (χ3v) is 3.85. The summed E-state index contributed by atoms with van der Waals surface area (Å²) < 4.78 is 54.8. The molecule has 0 aliphatic heterocycles. The Balaban J connectivity index is 2.18. The normalized spacial score (nSPS) is 11.3. The minimum absolute atomic E-state index is 0.0639. The van der Waals surface area contributed by atoms with Gasteiger partial charge >= 0.3 is 6.36 Å². The van der Waals surface area contributed by atoms with Gasteiger partial charge in [-0.05, 0) is 42.5 Å². The molecule has 0 radical (unpaired) electrons. The zero-order valence-corrected chi connectivity index (χ0v) is 14.8.